The zero-order valence-corrected chi connectivity index (χ0v) is 12.2. The number of aryl methyl sites for hydroxylation is 1. The number of hydrogen-bond donors (Lipinski definition) is 1. The summed E-state index contributed by atoms with van der Waals surface area (Å²) < 4.78 is 3.15. The molecule has 0 atom stereocenters. The largest absolute Gasteiger partial charge is 0.329 e. The lowest BCUT2D eigenvalue weighted by molar-refractivity contribution is 0.858. The number of rotatable bonds is 0. The van der Waals surface area contributed by atoms with Crippen LogP contribution in [0.5, 0.6) is 0 Å². The van der Waals surface area contributed by atoms with E-state index >= 15 is 0 Å². The van der Waals surface area contributed by atoms with Gasteiger partial charge in [0.1, 0.15) is 0 Å². The molecule has 0 aliphatic rings. The van der Waals surface area contributed by atoms with Crippen molar-refractivity contribution in [1.82, 2.24) is 9.55 Å². The van der Waals surface area contributed by atoms with Crippen LogP contribution in [0.25, 0.3) is 0 Å². The van der Waals surface area contributed by atoms with Gasteiger partial charge < -0.3 is 9.55 Å². The number of aromatic nitrogens is 2. The van der Waals surface area contributed by atoms with Crippen molar-refractivity contribution in [3.63, 3.8) is 0 Å². The van der Waals surface area contributed by atoms with Crippen LogP contribution in [0.1, 0.15) is 0 Å². The van der Waals surface area contributed by atoms with Gasteiger partial charge in [-0.1, -0.05) is 31.9 Å². The summed E-state index contributed by atoms with van der Waals surface area (Å²) in [5, 5.41) is 0. The molecule has 1 N–H and O–H groups in total. The first-order chi connectivity index (χ1) is 7.99. The Bertz CT molecular complexity index is 605. The quantitative estimate of drug-likeness (QED) is 0.782. The molecule has 0 aromatic carbocycles. The molecule has 0 saturated carbocycles. The molecule has 0 fully saturated rings. The van der Waals surface area contributed by atoms with Gasteiger partial charge in [-0.05, 0) is 12.1 Å². The van der Waals surface area contributed by atoms with E-state index in [0.717, 1.165) is 8.95 Å². The summed E-state index contributed by atoms with van der Waals surface area (Å²) in [6, 6.07) is 6.59. The van der Waals surface area contributed by atoms with Crippen molar-refractivity contribution in [2.75, 3.05) is 0 Å². The van der Waals surface area contributed by atoms with Gasteiger partial charge in [-0.3, -0.25) is 9.59 Å². The third kappa shape index (κ3) is 5.14. The van der Waals surface area contributed by atoms with Gasteiger partial charge in [0, 0.05) is 40.5 Å². The molecule has 0 radical (unpaired) electrons. The maximum Gasteiger partial charge on any atom is 0.251 e. The van der Waals surface area contributed by atoms with Crippen LogP contribution in [0.4, 0.5) is 0 Å². The molecule has 0 saturated heterocycles. The third-order valence-electron chi connectivity index (χ3n) is 1.80. The molecule has 0 amide bonds. The lowest BCUT2D eigenvalue weighted by atomic mass is 10.5. The fourth-order valence-electron chi connectivity index (χ4n) is 0.943. The third-order valence-corrected chi connectivity index (χ3v) is 2.79. The number of halogens is 2. The second kappa shape index (κ2) is 6.56. The zero-order chi connectivity index (χ0) is 12.8. The van der Waals surface area contributed by atoms with E-state index in [1.165, 1.54) is 16.7 Å². The van der Waals surface area contributed by atoms with Crippen LogP contribution in [0.15, 0.2) is 55.2 Å². The van der Waals surface area contributed by atoms with E-state index in [2.05, 4.69) is 36.8 Å². The summed E-state index contributed by atoms with van der Waals surface area (Å²) in [6.45, 7) is 0. The highest BCUT2D eigenvalue weighted by Crippen LogP contribution is 2.02. The highest BCUT2D eigenvalue weighted by Gasteiger charge is 1.88. The SMILES string of the molecule is Cn1ccc(Br)cc1=O.O=c1cc(Br)cc[nH]1. The fraction of sp³-hybridized carbons (Fsp3) is 0.0909. The maximum absolute atomic E-state index is 10.8. The van der Waals surface area contributed by atoms with Gasteiger partial charge in [0.25, 0.3) is 5.56 Å². The minimum Gasteiger partial charge on any atom is -0.329 e. The number of hydrogen-bond acceptors (Lipinski definition) is 2. The topological polar surface area (TPSA) is 54.9 Å². The van der Waals surface area contributed by atoms with Crippen LogP contribution in [-0.4, -0.2) is 9.55 Å². The maximum atomic E-state index is 10.8. The van der Waals surface area contributed by atoms with E-state index in [1.807, 2.05) is 6.07 Å². The van der Waals surface area contributed by atoms with Crippen LogP contribution in [-0.2, 0) is 7.05 Å². The van der Waals surface area contributed by atoms with Crippen molar-refractivity contribution in [3.05, 3.63) is 66.3 Å². The molecular weight excluding hydrogens is 352 g/mol. The van der Waals surface area contributed by atoms with Crippen molar-refractivity contribution in [1.29, 1.82) is 0 Å². The molecular formula is C11H10Br2N2O2. The van der Waals surface area contributed by atoms with Gasteiger partial charge in [-0.2, -0.15) is 0 Å². The minimum absolute atomic E-state index is 0.00405. The molecule has 2 rings (SSSR count). The van der Waals surface area contributed by atoms with Crippen molar-refractivity contribution < 1.29 is 0 Å². The summed E-state index contributed by atoms with van der Waals surface area (Å²) in [5.74, 6) is 0. The Kier molecular flexibility index (Phi) is 5.37. The normalized spacial score (nSPS) is 9.35. The van der Waals surface area contributed by atoms with E-state index in [1.54, 1.807) is 25.5 Å². The Labute approximate surface area is 115 Å². The molecule has 17 heavy (non-hydrogen) atoms. The van der Waals surface area contributed by atoms with Gasteiger partial charge in [-0.15, -0.1) is 0 Å². The fourth-order valence-corrected chi connectivity index (χ4v) is 1.60. The number of H-pyrrole nitrogens is 1. The van der Waals surface area contributed by atoms with E-state index in [-0.39, 0.29) is 11.1 Å². The Hall–Kier alpha value is -1.14. The average Bonchev–Trinajstić information content (AvgIpc) is 2.24. The first-order valence-corrected chi connectivity index (χ1v) is 6.24. The van der Waals surface area contributed by atoms with E-state index < -0.39 is 0 Å². The second-order valence-electron chi connectivity index (χ2n) is 3.17. The molecule has 4 nitrogen and oxygen atoms in total. The van der Waals surface area contributed by atoms with Crippen LogP contribution in [0.2, 0.25) is 0 Å². The zero-order valence-electron chi connectivity index (χ0n) is 8.98. The number of pyridine rings is 2. The first kappa shape index (κ1) is 13.9. The van der Waals surface area contributed by atoms with Crippen LogP contribution >= 0.6 is 31.9 Å². The second-order valence-corrected chi connectivity index (χ2v) is 5.00. The van der Waals surface area contributed by atoms with Gasteiger partial charge in [-0.25, -0.2) is 0 Å². The predicted molar refractivity (Wildman–Crippen MR) is 74.1 cm³/mol. The van der Waals surface area contributed by atoms with Crippen molar-refractivity contribution >= 4 is 31.9 Å². The monoisotopic (exact) mass is 360 g/mol. The average molecular weight is 362 g/mol. The van der Waals surface area contributed by atoms with Crippen molar-refractivity contribution in [3.8, 4) is 0 Å². The molecule has 2 aromatic heterocycles. The lowest BCUT2D eigenvalue weighted by Gasteiger charge is -1.92. The van der Waals surface area contributed by atoms with Crippen molar-refractivity contribution in [2.45, 2.75) is 0 Å². The van der Waals surface area contributed by atoms with Crippen LogP contribution < -0.4 is 11.1 Å². The molecule has 2 aromatic rings. The molecule has 0 spiro atoms. The molecule has 0 aliphatic carbocycles. The number of nitrogens with one attached hydrogen (secondary N) is 1. The summed E-state index contributed by atoms with van der Waals surface area (Å²) in [7, 11) is 1.72. The molecule has 2 heterocycles. The number of aromatic amines is 1. The standard InChI is InChI=1S/C6H6BrNO.C5H4BrNO/c1-8-3-2-5(7)4-6(8)9;6-4-1-2-7-5(8)3-4/h2-4H,1H3;1-3H,(H,7,8). The van der Waals surface area contributed by atoms with Crippen molar-refractivity contribution in [2.24, 2.45) is 7.05 Å². The molecule has 0 bridgehead atoms. The van der Waals surface area contributed by atoms with E-state index in [4.69, 9.17) is 0 Å². The van der Waals surface area contributed by atoms with E-state index in [9.17, 15) is 9.59 Å². The Morgan fingerprint density at radius 3 is 2.18 bits per heavy atom. The van der Waals surface area contributed by atoms with Gasteiger partial charge >= 0.3 is 0 Å². The lowest BCUT2D eigenvalue weighted by Crippen LogP contribution is -2.13. The molecule has 90 valence electrons. The molecule has 6 heteroatoms. The minimum atomic E-state index is -0.0839. The Morgan fingerprint density at radius 2 is 1.76 bits per heavy atom. The van der Waals surface area contributed by atoms with Gasteiger partial charge in [0.2, 0.25) is 5.56 Å². The predicted octanol–water partition coefficient (Wildman–Crippen LogP) is 2.29. The van der Waals surface area contributed by atoms with Gasteiger partial charge in [0.05, 0.1) is 0 Å². The smallest absolute Gasteiger partial charge is 0.251 e. The summed E-state index contributed by atoms with van der Waals surface area (Å²) >= 11 is 6.32. The Balaban J connectivity index is 0.000000171. The number of nitrogens with zero attached hydrogens (tertiary/aromatic N) is 1. The van der Waals surface area contributed by atoms with Crippen LogP contribution in [0, 0.1) is 0 Å². The van der Waals surface area contributed by atoms with E-state index in [0.29, 0.717) is 0 Å². The highest BCUT2D eigenvalue weighted by molar-refractivity contribution is 9.10. The van der Waals surface area contributed by atoms with Gasteiger partial charge in [0.15, 0.2) is 0 Å². The van der Waals surface area contributed by atoms with Crippen LogP contribution in [0.3, 0.4) is 0 Å². The first-order valence-electron chi connectivity index (χ1n) is 4.65. The summed E-state index contributed by atoms with van der Waals surface area (Å²) in [4.78, 5) is 23.7. The summed E-state index contributed by atoms with van der Waals surface area (Å²) in [6.07, 6.45) is 3.30. The Morgan fingerprint density at radius 1 is 1.12 bits per heavy atom. The molecule has 0 unspecified atom stereocenters. The summed E-state index contributed by atoms with van der Waals surface area (Å²) in [5.41, 5.74) is -0.0799. The highest BCUT2D eigenvalue weighted by atomic mass is 79.9. The molecule has 0 aliphatic heterocycles.